The Morgan fingerprint density at radius 2 is 2.17 bits per heavy atom. The first-order chi connectivity index (χ1) is 8.45. The molecule has 1 aromatic rings. The lowest BCUT2D eigenvalue weighted by Gasteiger charge is -2.21. The zero-order valence-electron chi connectivity index (χ0n) is 11.2. The number of aryl methyl sites for hydroxylation is 2. The van der Waals surface area contributed by atoms with Gasteiger partial charge in [-0.3, -0.25) is 4.90 Å². The van der Waals surface area contributed by atoms with Crippen LogP contribution in [-0.2, 0) is 4.74 Å². The second-order valence-corrected chi connectivity index (χ2v) is 5.23. The van der Waals surface area contributed by atoms with Crippen LogP contribution in [-0.4, -0.2) is 24.8 Å². The normalized spacial score (nSPS) is 23.3. The fourth-order valence-electron chi connectivity index (χ4n) is 2.33. The molecule has 18 heavy (non-hydrogen) atoms. The summed E-state index contributed by atoms with van der Waals surface area (Å²) < 4.78 is 5.46. The molecule has 0 radical (unpaired) electrons. The van der Waals surface area contributed by atoms with Crippen LogP contribution >= 0.6 is 0 Å². The van der Waals surface area contributed by atoms with Crippen molar-refractivity contribution in [1.82, 2.24) is 0 Å². The number of benzene rings is 1. The lowest BCUT2D eigenvalue weighted by molar-refractivity contribution is 0.0672. The Bertz CT molecular complexity index is 473. The van der Waals surface area contributed by atoms with Gasteiger partial charge in [0, 0.05) is 6.42 Å². The van der Waals surface area contributed by atoms with Crippen LogP contribution in [0.3, 0.4) is 0 Å². The van der Waals surface area contributed by atoms with Crippen LogP contribution < -0.4 is 10.6 Å². The summed E-state index contributed by atoms with van der Waals surface area (Å²) in [5.74, 6) is 0. The maximum atomic E-state index is 12.0. The molecule has 1 aromatic carbocycles. The lowest BCUT2D eigenvalue weighted by atomic mass is 10.0. The van der Waals surface area contributed by atoms with Gasteiger partial charge in [-0.05, 0) is 44.5 Å². The zero-order chi connectivity index (χ0) is 13.3. The Morgan fingerprint density at radius 1 is 1.44 bits per heavy atom. The molecule has 1 amide bonds. The fourth-order valence-corrected chi connectivity index (χ4v) is 2.33. The van der Waals surface area contributed by atoms with Crippen LogP contribution in [0.2, 0.25) is 0 Å². The van der Waals surface area contributed by atoms with E-state index in [1.807, 2.05) is 39.0 Å². The van der Waals surface area contributed by atoms with Gasteiger partial charge >= 0.3 is 6.09 Å². The van der Waals surface area contributed by atoms with Crippen LogP contribution in [0.15, 0.2) is 18.2 Å². The summed E-state index contributed by atoms with van der Waals surface area (Å²) in [6, 6.07) is 6.08. The molecule has 1 heterocycles. The molecule has 0 saturated carbocycles. The third kappa shape index (κ3) is 2.34. The number of cyclic esters (lactones) is 1. The van der Waals surface area contributed by atoms with E-state index in [0.29, 0.717) is 19.5 Å². The second-order valence-electron chi connectivity index (χ2n) is 5.23. The lowest BCUT2D eigenvalue weighted by Crippen LogP contribution is -2.33. The predicted octanol–water partition coefficient (Wildman–Crippen LogP) is 2.37. The molecule has 1 unspecified atom stereocenters. The predicted molar refractivity (Wildman–Crippen MR) is 71.8 cm³/mol. The molecule has 2 rings (SSSR count). The molecular formula is C14H20N2O2. The van der Waals surface area contributed by atoms with Crippen molar-refractivity contribution in [3.05, 3.63) is 29.3 Å². The number of hydrogen-bond donors (Lipinski definition) is 1. The Balaban J connectivity index is 2.29. The number of carbonyl (C=O) groups excluding carboxylic acids is 1. The first kappa shape index (κ1) is 12.9. The minimum atomic E-state index is -0.470. The number of carbonyl (C=O) groups is 1. The topological polar surface area (TPSA) is 55.6 Å². The average Bonchev–Trinajstić information content (AvgIpc) is 2.58. The molecular weight excluding hydrogens is 228 g/mol. The van der Waals surface area contributed by atoms with Crippen LogP contribution in [0.1, 0.15) is 24.5 Å². The maximum Gasteiger partial charge on any atom is 0.415 e. The van der Waals surface area contributed by atoms with E-state index in [2.05, 4.69) is 0 Å². The van der Waals surface area contributed by atoms with E-state index in [-0.39, 0.29) is 6.09 Å². The fraction of sp³-hybridized carbons (Fsp3) is 0.500. The monoisotopic (exact) mass is 248 g/mol. The van der Waals surface area contributed by atoms with Crippen molar-refractivity contribution < 1.29 is 9.53 Å². The molecule has 1 atom stereocenters. The van der Waals surface area contributed by atoms with E-state index in [4.69, 9.17) is 10.5 Å². The highest BCUT2D eigenvalue weighted by Gasteiger charge is 2.41. The number of anilines is 1. The molecule has 2 N–H and O–H groups in total. The summed E-state index contributed by atoms with van der Waals surface area (Å²) in [6.07, 6.45) is 0.403. The molecule has 1 saturated heterocycles. The number of rotatable bonds is 3. The Morgan fingerprint density at radius 3 is 2.83 bits per heavy atom. The van der Waals surface area contributed by atoms with Crippen molar-refractivity contribution in [3.63, 3.8) is 0 Å². The van der Waals surface area contributed by atoms with E-state index >= 15 is 0 Å². The second kappa shape index (κ2) is 4.61. The van der Waals surface area contributed by atoms with Crippen molar-refractivity contribution in [2.24, 2.45) is 5.73 Å². The van der Waals surface area contributed by atoms with E-state index in [1.165, 1.54) is 0 Å². The molecule has 1 fully saturated rings. The molecule has 0 bridgehead atoms. The van der Waals surface area contributed by atoms with Gasteiger partial charge in [0.2, 0.25) is 0 Å². The third-order valence-corrected chi connectivity index (χ3v) is 3.38. The van der Waals surface area contributed by atoms with Gasteiger partial charge in [-0.1, -0.05) is 12.1 Å². The molecule has 98 valence electrons. The van der Waals surface area contributed by atoms with Gasteiger partial charge in [0.15, 0.2) is 0 Å². The summed E-state index contributed by atoms with van der Waals surface area (Å²) >= 11 is 0. The van der Waals surface area contributed by atoms with Gasteiger partial charge < -0.3 is 10.5 Å². The summed E-state index contributed by atoms with van der Waals surface area (Å²) in [6.45, 7) is 7.03. The first-order valence-corrected chi connectivity index (χ1v) is 6.23. The molecule has 1 aliphatic rings. The Kier molecular flexibility index (Phi) is 3.30. The molecule has 4 nitrogen and oxygen atoms in total. The van der Waals surface area contributed by atoms with Gasteiger partial charge in [0.1, 0.15) is 5.60 Å². The van der Waals surface area contributed by atoms with Crippen molar-refractivity contribution in [2.75, 3.05) is 18.0 Å². The van der Waals surface area contributed by atoms with Crippen molar-refractivity contribution in [1.29, 1.82) is 0 Å². The SMILES string of the molecule is Cc1ccc(C)c(N2CC(C)(CCN)OC2=O)c1. The average molecular weight is 248 g/mol. The van der Waals surface area contributed by atoms with Crippen molar-refractivity contribution in [3.8, 4) is 0 Å². The third-order valence-electron chi connectivity index (χ3n) is 3.38. The van der Waals surface area contributed by atoms with Gasteiger partial charge in [0.05, 0.1) is 12.2 Å². The molecule has 4 heteroatoms. The van der Waals surface area contributed by atoms with Crippen LogP contribution in [0.5, 0.6) is 0 Å². The smallest absolute Gasteiger partial charge is 0.415 e. The van der Waals surface area contributed by atoms with Crippen molar-refractivity contribution in [2.45, 2.75) is 32.8 Å². The summed E-state index contributed by atoms with van der Waals surface area (Å²) in [5.41, 5.74) is 8.24. The Hall–Kier alpha value is -1.55. The highest BCUT2D eigenvalue weighted by molar-refractivity contribution is 5.91. The van der Waals surface area contributed by atoms with Gasteiger partial charge in [-0.25, -0.2) is 4.79 Å². The molecule has 1 aliphatic heterocycles. The number of hydrogen-bond acceptors (Lipinski definition) is 3. The standard InChI is InChI=1S/C14H20N2O2/c1-10-4-5-11(2)12(8-10)16-9-14(3,6-7-15)18-13(16)17/h4-5,8H,6-7,9,15H2,1-3H3. The van der Waals surface area contributed by atoms with E-state index < -0.39 is 5.60 Å². The molecule has 0 aliphatic carbocycles. The highest BCUT2D eigenvalue weighted by Crippen LogP contribution is 2.32. The molecule has 0 spiro atoms. The van der Waals surface area contributed by atoms with Gasteiger partial charge in [0.25, 0.3) is 0 Å². The summed E-state index contributed by atoms with van der Waals surface area (Å²) in [5, 5.41) is 0. The van der Waals surface area contributed by atoms with Crippen LogP contribution in [0.25, 0.3) is 0 Å². The number of amides is 1. The summed E-state index contributed by atoms with van der Waals surface area (Å²) in [7, 11) is 0. The first-order valence-electron chi connectivity index (χ1n) is 6.23. The molecule has 0 aromatic heterocycles. The van der Waals surface area contributed by atoms with Crippen molar-refractivity contribution >= 4 is 11.8 Å². The number of nitrogens with two attached hydrogens (primary N) is 1. The largest absolute Gasteiger partial charge is 0.441 e. The number of nitrogens with zero attached hydrogens (tertiary/aromatic N) is 1. The van der Waals surface area contributed by atoms with Crippen LogP contribution in [0, 0.1) is 13.8 Å². The Labute approximate surface area is 108 Å². The number of ether oxygens (including phenoxy) is 1. The van der Waals surface area contributed by atoms with Gasteiger partial charge in [-0.2, -0.15) is 0 Å². The minimum absolute atomic E-state index is 0.278. The van der Waals surface area contributed by atoms with E-state index in [0.717, 1.165) is 16.8 Å². The zero-order valence-corrected chi connectivity index (χ0v) is 11.2. The van der Waals surface area contributed by atoms with E-state index in [1.54, 1.807) is 4.90 Å². The van der Waals surface area contributed by atoms with Gasteiger partial charge in [-0.15, -0.1) is 0 Å². The maximum absolute atomic E-state index is 12.0. The minimum Gasteiger partial charge on any atom is -0.441 e. The highest BCUT2D eigenvalue weighted by atomic mass is 16.6. The summed E-state index contributed by atoms with van der Waals surface area (Å²) in [4.78, 5) is 13.7. The van der Waals surface area contributed by atoms with E-state index in [9.17, 15) is 4.79 Å². The quantitative estimate of drug-likeness (QED) is 0.893. The van der Waals surface area contributed by atoms with Crippen LogP contribution in [0.4, 0.5) is 10.5 Å².